The number of carbonyl (C=O) groups is 1. The number of pyridine rings is 1. The van der Waals surface area contributed by atoms with E-state index in [-0.39, 0.29) is 38.9 Å². The summed E-state index contributed by atoms with van der Waals surface area (Å²) in [6, 6.07) is 2.76. The monoisotopic (exact) mass is 465 g/mol. The summed E-state index contributed by atoms with van der Waals surface area (Å²) < 4.78 is 44.8. The number of nitrogens with zero attached hydrogens (tertiary/aromatic N) is 2. The SMILES string of the molecule is Cc1c(F)c(N2CCNC(C)C2)c(Cl)c2c1c(=O)c(C(=O)O)cn2-c1ccc(F)cc1F. The molecule has 168 valence electrons. The molecule has 2 aromatic carbocycles. The van der Waals surface area contributed by atoms with Crippen molar-refractivity contribution in [2.45, 2.75) is 19.9 Å². The molecular formula is C22H19ClF3N3O3. The van der Waals surface area contributed by atoms with Crippen LogP contribution in [0.25, 0.3) is 16.6 Å². The average Bonchev–Trinajstić information content (AvgIpc) is 2.72. The van der Waals surface area contributed by atoms with Crippen LogP contribution in [0.2, 0.25) is 5.02 Å². The quantitative estimate of drug-likeness (QED) is 0.614. The minimum Gasteiger partial charge on any atom is -0.477 e. The van der Waals surface area contributed by atoms with Gasteiger partial charge in [-0.15, -0.1) is 0 Å². The van der Waals surface area contributed by atoms with Gasteiger partial charge in [-0.1, -0.05) is 11.6 Å². The number of fused-ring (bicyclic) bond motifs is 1. The number of aromatic carboxylic acids is 1. The number of anilines is 1. The number of aryl methyl sites for hydroxylation is 1. The predicted molar refractivity (Wildman–Crippen MR) is 116 cm³/mol. The first-order valence-electron chi connectivity index (χ1n) is 9.85. The van der Waals surface area contributed by atoms with Gasteiger partial charge in [0.1, 0.15) is 17.2 Å². The van der Waals surface area contributed by atoms with Crippen molar-refractivity contribution in [1.29, 1.82) is 0 Å². The summed E-state index contributed by atoms with van der Waals surface area (Å²) in [5.41, 5.74) is -1.97. The molecule has 1 fully saturated rings. The van der Waals surface area contributed by atoms with Gasteiger partial charge in [0.2, 0.25) is 5.43 Å². The van der Waals surface area contributed by atoms with Crippen LogP contribution in [0.5, 0.6) is 0 Å². The molecular weight excluding hydrogens is 447 g/mol. The molecule has 2 heterocycles. The number of carboxylic acids is 1. The molecule has 3 aromatic rings. The molecule has 1 aliphatic heterocycles. The number of rotatable bonds is 3. The average molecular weight is 466 g/mol. The van der Waals surface area contributed by atoms with Crippen LogP contribution in [0, 0.1) is 24.4 Å². The predicted octanol–water partition coefficient (Wildman–Crippen LogP) is 3.87. The lowest BCUT2D eigenvalue weighted by Crippen LogP contribution is -2.49. The van der Waals surface area contributed by atoms with Gasteiger partial charge in [0.25, 0.3) is 0 Å². The summed E-state index contributed by atoms with van der Waals surface area (Å²) in [7, 11) is 0. The van der Waals surface area contributed by atoms with Crippen molar-refractivity contribution in [2.75, 3.05) is 24.5 Å². The first-order valence-corrected chi connectivity index (χ1v) is 10.2. The highest BCUT2D eigenvalue weighted by Gasteiger charge is 2.29. The minimum atomic E-state index is -1.57. The van der Waals surface area contributed by atoms with Gasteiger partial charge in [0, 0.05) is 43.5 Å². The number of halogens is 4. The maximum atomic E-state index is 15.5. The lowest BCUT2D eigenvalue weighted by atomic mass is 10.0. The minimum absolute atomic E-state index is 0.0429. The van der Waals surface area contributed by atoms with Crippen LogP contribution in [-0.2, 0) is 0 Å². The fraction of sp³-hybridized carbons (Fsp3) is 0.273. The lowest BCUT2D eigenvalue weighted by molar-refractivity contribution is 0.0695. The van der Waals surface area contributed by atoms with Gasteiger partial charge in [-0.2, -0.15) is 0 Å². The van der Waals surface area contributed by atoms with Crippen molar-refractivity contribution in [1.82, 2.24) is 9.88 Å². The Bertz CT molecular complexity index is 1330. The largest absolute Gasteiger partial charge is 0.477 e. The first-order chi connectivity index (χ1) is 15.1. The summed E-state index contributed by atoms with van der Waals surface area (Å²) in [6.07, 6.45) is 0.927. The Balaban J connectivity index is 2.16. The molecule has 0 aliphatic carbocycles. The third kappa shape index (κ3) is 3.51. The Morgan fingerprint density at radius 2 is 2.00 bits per heavy atom. The van der Waals surface area contributed by atoms with Gasteiger partial charge in [-0.05, 0) is 26.0 Å². The van der Waals surface area contributed by atoms with Crippen molar-refractivity contribution in [3.63, 3.8) is 0 Å². The normalized spacial score (nSPS) is 16.6. The first kappa shape index (κ1) is 22.2. The topological polar surface area (TPSA) is 74.6 Å². The summed E-state index contributed by atoms with van der Waals surface area (Å²) >= 11 is 6.64. The summed E-state index contributed by atoms with van der Waals surface area (Å²) in [5.74, 6) is -4.15. The van der Waals surface area contributed by atoms with Gasteiger partial charge in [-0.3, -0.25) is 4.79 Å². The van der Waals surface area contributed by atoms with Crippen molar-refractivity contribution in [3.8, 4) is 5.69 Å². The van der Waals surface area contributed by atoms with E-state index in [0.717, 1.165) is 22.9 Å². The second kappa shape index (κ2) is 8.14. The van der Waals surface area contributed by atoms with Crippen LogP contribution >= 0.6 is 11.6 Å². The van der Waals surface area contributed by atoms with Crippen LogP contribution < -0.4 is 15.6 Å². The van der Waals surface area contributed by atoms with E-state index in [2.05, 4.69) is 5.32 Å². The maximum Gasteiger partial charge on any atom is 0.341 e. The van der Waals surface area contributed by atoms with Crippen LogP contribution in [-0.4, -0.2) is 41.3 Å². The molecule has 4 rings (SSSR count). The van der Waals surface area contributed by atoms with Crippen molar-refractivity contribution in [3.05, 3.63) is 68.2 Å². The number of piperazine rings is 1. The second-order valence-electron chi connectivity index (χ2n) is 7.77. The lowest BCUT2D eigenvalue weighted by Gasteiger charge is -2.35. The van der Waals surface area contributed by atoms with Crippen LogP contribution in [0.1, 0.15) is 22.8 Å². The Morgan fingerprint density at radius 1 is 1.28 bits per heavy atom. The van der Waals surface area contributed by atoms with E-state index in [0.29, 0.717) is 25.7 Å². The van der Waals surface area contributed by atoms with Crippen molar-refractivity contribution in [2.24, 2.45) is 0 Å². The molecule has 1 atom stereocenters. The highest BCUT2D eigenvalue weighted by atomic mass is 35.5. The number of nitrogens with one attached hydrogen (secondary N) is 1. The summed E-state index contributed by atoms with van der Waals surface area (Å²) in [6.45, 7) is 4.72. The summed E-state index contributed by atoms with van der Waals surface area (Å²) in [4.78, 5) is 26.4. The zero-order chi connectivity index (χ0) is 23.3. The number of hydrogen-bond donors (Lipinski definition) is 2. The molecule has 6 nitrogen and oxygen atoms in total. The molecule has 1 aliphatic rings. The number of hydrogen-bond acceptors (Lipinski definition) is 4. The van der Waals surface area contributed by atoms with Gasteiger partial charge < -0.3 is 19.9 Å². The van der Waals surface area contributed by atoms with Crippen molar-refractivity contribution < 1.29 is 23.1 Å². The van der Waals surface area contributed by atoms with Crippen LogP contribution in [0.15, 0.2) is 29.2 Å². The molecule has 0 saturated carbocycles. The molecule has 0 bridgehead atoms. The molecule has 1 saturated heterocycles. The Hall–Kier alpha value is -3.04. The van der Waals surface area contributed by atoms with E-state index in [1.807, 2.05) is 6.92 Å². The molecule has 0 radical (unpaired) electrons. The van der Waals surface area contributed by atoms with Gasteiger partial charge in [-0.25, -0.2) is 18.0 Å². The van der Waals surface area contributed by atoms with E-state index in [9.17, 15) is 23.5 Å². The third-order valence-corrected chi connectivity index (χ3v) is 5.98. The Morgan fingerprint density at radius 3 is 2.62 bits per heavy atom. The highest BCUT2D eigenvalue weighted by molar-refractivity contribution is 6.38. The van der Waals surface area contributed by atoms with Crippen molar-refractivity contribution >= 4 is 34.2 Å². The standard InChI is InChI=1S/C22H19ClF3N3O3/c1-10-8-28(6-5-27-10)20-17(23)19-16(11(2)18(20)26)21(30)13(22(31)32)9-29(19)15-4-3-12(24)7-14(15)25/h3-4,7,9-10,27H,5-6,8H2,1-2H3,(H,31,32). The molecule has 1 unspecified atom stereocenters. The van der Waals surface area contributed by atoms with E-state index in [1.165, 1.54) is 6.92 Å². The third-order valence-electron chi connectivity index (χ3n) is 5.62. The molecule has 10 heteroatoms. The zero-order valence-electron chi connectivity index (χ0n) is 17.2. The van der Waals surface area contributed by atoms with Crippen LogP contribution in [0.4, 0.5) is 18.9 Å². The van der Waals surface area contributed by atoms with E-state index in [1.54, 1.807) is 4.90 Å². The molecule has 2 N–H and O–H groups in total. The van der Waals surface area contributed by atoms with E-state index >= 15 is 4.39 Å². The number of aromatic nitrogens is 1. The zero-order valence-corrected chi connectivity index (χ0v) is 17.9. The van der Waals surface area contributed by atoms with E-state index in [4.69, 9.17) is 11.6 Å². The molecule has 0 spiro atoms. The fourth-order valence-electron chi connectivity index (χ4n) is 4.11. The van der Waals surface area contributed by atoms with Gasteiger partial charge in [0.15, 0.2) is 5.82 Å². The molecule has 32 heavy (non-hydrogen) atoms. The van der Waals surface area contributed by atoms with Gasteiger partial charge >= 0.3 is 5.97 Å². The summed E-state index contributed by atoms with van der Waals surface area (Å²) in [5, 5.41) is 12.3. The Kier molecular flexibility index (Phi) is 5.64. The van der Waals surface area contributed by atoms with Gasteiger partial charge in [0.05, 0.1) is 27.3 Å². The van der Waals surface area contributed by atoms with Crippen LogP contribution in [0.3, 0.4) is 0 Å². The maximum absolute atomic E-state index is 15.5. The molecule has 0 amide bonds. The fourth-order valence-corrected chi connectivity index (χ4v) is 4.49. The smallest absolute Gasteiger partial charge is 0.341 e. The number of carboxylic acid groups (broad SMARTS) is 1. The molecule has 1 aromatic heterocycles. The second-order valence-corrected chi connectivity index (χ2v) is 8.15. The Labute approximate surface area is 185 Å². The van der Waals surface area contributed by atoms with E-state index < -0.39 is 34.4 Å². The highest BCUT2D eigenvalue weighted by Crippen LogP contribution is 2.39. The number of benzene rings is 2.